The molecule has 1 aromatic heterocycles. The summed E-state index contributed by atoms with van der Waals surface area (Å²) >= 11 is 0. The molecule has 2 heterocycles. The van der Waals surface area contributed by atoms with Crippen LogP contribution in [-0.2, 0) is 11.2 Å². The highest BCUT2D eigenvalue weighted by Gasteiger charge is 2.36. The van der Waals surface area contributed by atoms with E-state index < -0.39 is 11.5 Å². The Morgan fingerprint density at radius 3 is 2.66 bits per heavy atom. The van der Waals surface area contributed by atoms with Crippen LogP contribution in [0.15, 0.2) is 41.3 Å². The van der Waals surface area contributed by atoms with Crippen LogP contribution in [0.5, 0.6) is 0 Å². The van der Waals surface area contributed by atoms with Gasteiger partial charge >= 0.3 is 0 Å². The van der Waals surface area contributed by atoms with Crippen molar-refractivity contribution in [3.05, 3.63) is 63.6 Å². The zero-order valence-corrected chi connectivity index (χ0v) is 16.9. The van der Waals surface area contributed by atoms with Gasteiger partial charge < -0.3 is 10.1 Å². The molecule has 2 aromatic rings. The average molecular weight is 394 g/mol. The maximum Gasteiger partial charge on any atom is 0.268 e. The second-order valence-corrected chi connectivity index (χ2v) is 8.69. The molecule has 0 radical (unpaired) electrons. The van der Waals surface area contributed by atoms with E-state index in [-0.39, 0.29) is 22.9 Å². The lowest BCUT2D eigenvalue weighted by Crippen LogP contribution is -2.40. The first-order valence-electron chi connectivity index (χ1n) is 10.1. The van der Waals surface area contributed by atoms with Gasteiger partial charge in [-0.05, 0) is 42.4 Å². The lowest BCUT2D eigenvalue weighted by atomic mass is 9.73. The van der Waals surface area contributed by atoms with Crippen LogP contribution in [0.4, 0.5) is 0 Å². The number of benzene rings is 1. The fourth-order valence-corrected chi connectivity index (χ4v) is 4.26. The van der Waals surface area contributed by atoms with Crippen molar-refractivity contribution in [2.24, 2.45) is 5.41 Å². The largest absolute Gasteiger partial charge is 0.376 e. The zero-order valence-electron chi connectivity index (χ0n) is 16.9. The van der Waals surface area contributed by atoms with Crippen LogP contribution < -0.4 is 10.9 Å². The van der Waals surface area contributed by atoms with Crippen LogP contribution >= 0.6 is 0 Å². The minimum atomic E-state index is -0.433. The zero-order chi connectivity index (χ0) is 20.6. The number of ether oxygens (including phenoxy) is 1. The topological polar surface area (TPSA) is 77.4 Å². The van der Waals surface area contributed by atoms with Gasteiger partial charge in [0.05, 0.1) is 6.10 Å². The minimum Gasteiger partial charge on any atom is -0.376 e. The third kappa shape index (κ3) is 3.90. The van der Waals surface area contributed by atoms with Crippen LogP contribution in [0.1, 0.15) is 59.4 Å². The van der Waals surface area contributed by atoms with Crippen molar-refractivity contribution in [2.45, 2.75) is 45.6 Å². The van der Waals surface area contributed by atoms with Crippen molar-refractivity contribution in [2.75, 3.05) is 13.2 Å². The van der Waals surface area contributed by atoms with Gasteiger partial charge in [-0.2, -0.15) is 0 Å². The molecule has 1 saturated heterocycles. The lowest BCUT2D eigenvalue weighted by molar-refractivity contribution is 0.0853. The number of carbonyl (C=O) groups excluding carboxylic acids is 2. The fraction of sp³-hybridized carbons (Fsp3) is 0.435. The molecular formula is C23H26N2O4. The van der Waals surface area contributed by atoms with Gasteiger partial charge in [0.2, 0.25) is 0 Å². The molecule has 29 heavy (non-hydrogen) atoms. The Labute approximate surface area is 169 Å². The number of carbonyl (C=O) groups is 2. The van der Waals surface area contributed by atoms with Gasteiger partial charge in [-0.15, -0.1) is 0 Å². The van der Waals surface area contributed by atoms with E-state index in [1.807, 2.05) is 32.0 Å². The number of para-hydroxylation sites is 1. The molecule has 2 aliphatic rings. The van der Waals surface area contributed by atoms with Gasteiger partial charge in [0, 0.05) is 37.0 Å². The first kappa shape index (κ1) is 19.6. The van der Waals surface area contributed by atoms with Crippen LogP contribution in [-0.4, -0.2) is 35.5 Å². The van der Waals surface area contributed by atoms with Crippen molar-refractivity contribution >= 4 is 11.7 Å². The Bertz CT molecular complexity index is 1000. The first-order chi connectivity index (χ1) is 13.9. The number of rotatable bonds is 4. The average Bonchev–Trinajstić information content (AvgIpc) is 3.19. The van der Waals surface area contributed by atoms with Gasteiger partial charge in [-0.1, -0.05) is 32.0 Å². The summed E-state index contributed by atoms with van der Waals surface area (Å²) < 4.78 is 6.99. The van der Waals surface area contributed by atoms with E-state index in [4.69, 9.17) is 4.74 Å². The summed E-state index contributed by atoms with van der Waals surface area (Å²) in [5.41, 5.74) is 1.05. The highest BCUT2D eigenvalue weighted by molar-refractivity contribution is 6.04. The SMILES string of the molecule is CC1(C)CC(=O)c2cn(-c3ccccc3)c(=O)c(C(=O)NC[C@H]3CCCO3)c2C1. The summed E-state index contributed by atoms with van der Waals surface area (Å²) in [5, 5.41) is 2.86. The van der Waals surface area contributed by atoms with Crippen LogP contribution in [0, 0.1) is 5.41 Å². The Kier molecular flexibility index (Phi) is 5.13. The predicted octanol–water partition coefficient (Wildman–Crippen LogP) is 2.90. The summed E-state index contributed by atoms with van der Waals surface area (Å²) in [6, 6.07) is 9.08. The maximum absolute atomic E-state index is 13.4. The fourth-order valence-electron chi connectivity index (χ4n) is 4.26. The van der Waals surface area contributed by atoms with Crippen molar-refractivity contribution in [3.63, 3.8) is 0 Å². The highest BCUT2D eigenvalue weighted by Crippen LogP contribution is 2.35. The molecule has 0 saturated carbocycles. The first-order valence-corrected chi connectivity index (χ1v) is 10.1. The number of Topliss-reactive ketones (excluding diaryl/α,β-unsaturated/α-hetero) is 1. The molecule has 4 rings (SSSR count). The van der Waals surface area contributed by atoms with E-state index in [0.29, 0.717) is 42.8 Å². The summed E-state index contributed by atoms with van der Waals surface area (Å²) in [7, 11) is 0. The summed E-state index contributed by atoms with van der Waals surface area (Å²) in [6.45, 7) is 5.05. The number of amides is 1. The number of pyridine rings is 1. The van der Waals surface area contributed by atoms with E-state index >= 15 is 0 Å². The molecule has 1 aliphatic heterocycles. The van der Waals surface area contributed by atoms with Gasteiger partial charge in [-0.3, -0.25) is 19.0 Å². The number of nitrogens with one attached hydrogen (secondary N) is 1. The molecule has 6 heteroatoms. The lowest BCUT2D eigenvalue weighted by Gasteiger charge is -2.31. The monoisotopic (exact) mass is 394 g/mol. The third-order valence-electron chi connectivity index (χ3n) is 5.69. The Morgan fingerprint density at radius 2 is 1.97 bits per heavy atom. The van der Waals surface area contributed by atoms with Crippen molar-refractivity contribution in [1.29, 1.82) is 0 Å². The third-order valence-corrected chi connectivity index (χ3v) is 5.69. The maximum atomic E-state index is 13.4. The molecule has 1 amide bonds. The van der Waals surface area contributed by atoms with Gasteiger partial charge in [0.15, 0.2) is 5.78 Å². The Morgan fingerprint density at radius 1 is 1.21 bits per heavy atom. The summed E-state index contributed by atoms with van der Waals surface area (Å²) in [6.07, 6.45) is 4.36. The second-order valence-electron chi connectivity index (χ2n) is 8.69. The second kappa shape index (κ2) is 7.59. The molecule has 0 bridgehead atoms. The van der Waals surface area contributed by atoms with Gasteiger partial charge in [0.25, 0.3) is 11.5 Å². The molecule has 1 aromatic carbocycles. The van der Waals surface area contributed by atoms with E-state index in [9.17, 15) is 14.4 Å². The number of hydrogen-bond donors (Lipinski definition) is 1. The standard InChI is InChI=1S/C23H26N2O4/c1-23(2)11-17-18(19(26)12-23)14-25(15-7-4-3-5-8-15)22(28)20(17)21(27)24-13-16-9-6-10-29-16/h3-5,7-8,14,16H,6,9-13H2,1-2H3,(H,24,27)/t16-/m1/s1. The molecule has 1 atom stereocenters. The normalized spacial score (nSPS) is 20.3. The van der Waals surface area contributed by atoms with Crippen LogP contribution in [0.2, 0.25) is 0 Å². The molecule has 1 aliphatic carbocycles. The summed E-state index contributed by atoms with van der Waals surface area (Å²) in [5.74, 6) is -0.466. The highest BCUT2D eigenvalue weighted by atomic mass is 16.5. The smallest absolute Gasteiger partial charge is 0.268 e. The van der Waals surface area contributed by atoms with Crippen LogP contribution in [0.25, 0.3) is 5.69 Å². The van der Waals surface area contributed by atoms with E-state index in [1.54, 1.807) is 18.3 Å². The minimum absolute atomic E-state index is 0.0205. The molecule has 0 unspecified atom stereocenters. The molecular weight excluding hydrogens is 368 g/mol. The summed E-state index contributed by atoms with van der Waals surface area (Å²) in [4.78, 5) is 39.3. The molecule has 1 N–H and O–H groups in total. The van der Waals surface area contributed by atoms with E-state index in [1.165, 1.54) is 4.57 Å². The van der Waals surface area contributed by atoms with Crippen molar-refractivity contribution < 1.29 is 14.3 Å². The number of fused-ring (bicyclic) bond motifs is 1. The Hall–Kier alpha value is -2.73. The van der Waals surface area contributed by atoms with E-state index in [2.05, 4.69) is 5.32 Å². The van der Waals surface area contributed by atoms with Gasteiger partial charge in [0.1, 0.15) is 5.56 Å². The quantitative estimate of drug-likeness (QED) is 0.865. The number of ketones is 1. The van der Waals surface area contributed by atoms with E-state index in [0.717, 1.165) is 12.8 Å². The molecule has 6 nitrogen and oxygen atoms in total. The number of hydrogen-bond acceptors (Lipinski definition) is 4. The predicted molar refractivity (Wildman–Crippen MR) is 110 cm³/mol. The van der Waals surface area contributed by atoms with Crippen molar-refractivity contribution in [1.82, 2.24) is 9.88 Å². The number of nitrogens with zero attached hydrogens (tertiary/aromatic N) is 1. The number of aromatic nitrogens is 1. The molecule has 0 spiro atoms. The van der Waals surface area contributed by atoms with Gasteiger partial charge in [-0.25, -0.2) is 0 Å². The molecule has 1 fully saturated rings. The molecule has 152 valence electrons. The Balaban J connectivity index is 1.80. The van der Waals surface area contributed by atoms with Crippen LogP contribution in [0.3, 0.4) is 0 Å². The van der Waals surface area contributed by atoms with Crippen molar-refractivity contribution in [3.8, 4) is 5.69 Å².